The number of nitrogens with one attached hydrogen (secondary N) is 4. The van der Waals surface area contributed by atoms with Gasteiger partial charge in [0.2, 0.25) is 11.9 Å². The van der Waals surface area contributed by atoms with Crippen molar-refractivity contribution >= 4 is 35.1 Å². The van der Waals surface area contributed by atoms with Gasteiger partial charge in [-0.15, -0.1) is 0 Å². The number of carbonyl (C=O) groups is 2. The molecule has 0 unspecified atom stereocenters. The maximum atomic E-state index is 13.5. The largest absolute Gasteiger partial charge is 0.488 e. The molecule has 3 aromatic rings. The van der Waals surface area contributed by atoms with E-state index in [1.807, 2.05) is 19.1 Å². The summed E-state index contributed by atoms with van der Waals surface area (Å²) in [6.45, 7) is 7.05. The fourth-order valence-electron chi connectivity index (χ4n) is 4.24. The molecular weight excluding hydrogens is 608 g/mol. The zero-order chi connectivity index (χ0) is 33.6. The minimum absolute atomic E-state index is 0.0293. The molecule has 1 heterocycles. The van der Waals surface area contributed by atoms with Crippen molar-refractivity contribution in [2.75, 3.05) is 35.7 Å². The number of hydrogen-bond acceptors (Lipinski definition) is 12. The Bertz CT molecular complexity index is 1710. The van der Waals surface area contributed by atoms with E-state index in [-0.39, 0.29) is 48.1 Å². The molecule has 1 saturated carbocycles. The minimum Gasteiger partial charge on any atom is -0.488 e. The van der Waals surface area contributed by atoms with Gasteiger partial charge in [-0.3, -0.25) is 14.4 Å². The third-order valence-electron chi connectivity index (χ3n) is 6.80. The molecule has 1 aliphatic carbocycles. The Morgan fingerprint density at radius 1 is 1.11 bits per heavy atom. The monoisotopic (exact) mass is 641 g/mol. The van der Waals surface area contributed by atoms with Gasteiger partial charge in [-0.05, 0) is 56.5 Å². The Morgan fingerprint density at radius 3 is 2.37 bits per heavy atom. The zero-order valence-corrected chi connectivity index (χ0v) is 25.3. The molecule has 244 valence electrons. The van der Waals surface area contributed by atoms with Gasteiger partial charge in [-0.1, -0.05) is 18.7 Å². The van der Waals surface area contributed by atoms with Gasteiger partial charge in [0, 0.05) is 24.7 Å². The Labute approximate surface area is 261 Å². The first kappa shape index (κ1) is 33.5. The normalized spacial score (nSPS) is 14.4. The SMILES string of the molecule is C=C(/C=C\C)C1(Nc2nc(Nc3ccc(C(=O)N[C@@H](CNc4c(OCC)c(=O)c4=O)C(=O)O)cc3)nc(OCC(C)(F)F)n2)CC1. The van der Waals surface area contributed by atoms with Crippen LogP contribution in [0.25, 0.3) is 0 Å². The van der Waals surface area contributed by atoms with Gasteiger partial charge < -0.3 is 35.8 Å². The quantitative estimate of drug-likeness (QED) is 0.107. The lowest BCUT2D eigenvalue weighted by Crippen LogP contribution is -2.47. The molecule has 5 N–H and O–H groups in total. The van der Waals surface area contributed by atoms with E-state index in [0.717, 1.165) is 18.4 Å². The van der Waals surface area contributed by atoms with E-state index in [1.54, 1.807) is 6.92 Å². The number of ether oxygens (including phenoxy) is 2. The Hall–Kier alpha value is -5.41. The van der Waals surface area contributed by atoms with Crippen LogP contribution in [0, 0.1) is 0 Å². The highest BCUT2D eigenvalue weighted by Gasteiger charge is 2.45. The summed E-state index contributed by atoms with van der Waals surface area (Å²) in [5.41, 5.74) is -0.967. The number of carboxylic acids is 1. The van der Waals surface area contributed by atoms with Crippen LogP contribution in [-0.2, 0) is 4.79 Å². The minimum atomic E-state index is -3.13. The summed E-state index contributed by atoms with van der Waals surface area (Å²) in [5.74, 6) is -5.36. The van der Waals surface area contributed by atoms with Crippen LogP contribution in [0.4, 0.5) is 32.1 Å². The van der Waals surface area contributed by atoms with E-state index in [4.69, 9.17) is 9.47 Å². The van der Waals surface area contributed by atoms with Crippen molar-refractivity contribution in [1.29, 1.82) is 0 Å². The number of hydrogen-bond donors (Lipinski definition) is 5. The van der Waals surface area contributed by atoms with Crippen molar-refractivity contribution < 1.29 is 33.0 Å². The van der Waals surface area contributed by atoms with Crippen LogP contribution in [-0.4, -0.2) is 69.2 Å². The molecule has 0 saturated heterocycles. The summed E-state index contributed by atoms with van der Waals surface area (Å²) in [5, 5.41) is 20.6. The lowest BCUT2D eigenvalue weighted by molar-refractivity contribution is -0.138. The molecule has 0 spiro atoms. The van der Waals surface area contributed by atoms with Gasteiger partial charge in [-0.2, -0.15) is 15.0 Å². The summed E-state index contributed by atoms with van der Waals surface area (Å²) in [6, 6.07) is 4.01. The van der Waals surface area contributed by atoms with Crippen molar-refractivity contribution in [3.05, 3.63) is 74.6 Å². The maximum absolute atomic E-state index is 13.5. The van der Waals surface area contributed by atoms with Crippen molar-refractivity contribution in [2.45, 2.75) is 51.1 Å². The first-order valence-electron chi connectivity index (χ1n) is 14.2. The smallest absolute Gasteiger partial charge is 0.328 e. The molecular formula is C30H33F2N7O7. The second-order valence-electron chi connectivity index (χ2n) is 10.6. The predicted octanol–water partition coefficient (Wildman–Crippen LogP) is 3.02. The van der Waals surface area contributed by atoms with E-state index in [1.165, 1.54) is 24.3 Å². The van der Waals surface area contributed by atoms with Gasteiger partial charge >= 0.3 is 12.0 Å². The molecule has 2 aromatic carbocycles. The number of benzene rings is 1. The molecule has 1 amide bonds. The maximum Gasteiger partial charge on any atom is 0.328 e. The average molecular weight is 642 g/mol. The summed E-state index contributed by atoms with van der Waals surface area (Å²) in [4.78, 5) is 60.6. The van der Waals surface area contributed by atoms with Gasteiger partial charge in [-0.25, -0.2) is 13.6 Å². The van der Waals surface area contributed by atoms with Gasteiger partial charge in [0.05, 0.1) is 12.1 Å². The van der Waals surface area contributed by atoms with Gasteiger partial charge in [0.15, 0.2) is 12.4 Å². The lowest BCUT2D eigenvalue weighted by atomic mass is 10.1. The molecule has 1 aliphatic rings. The second kappa shape index (κ2) is 13.7. The highest BCUT2D eigenvalue weighted by molar-refractivity contribution is 5.97. The number of alkyl halides is 2. The molecule has 46 heavy (non-hydrogen) atoms. The summed E-state index contributed by atoms with van der Waals surface area (Å²) < 4.78 is 37.2. The van der Waals surface area contributed by atoms with Crippen molar-refractivity contribution in [3.8, 4) is 11.8 Å². The molecule has 0 aliphatic heterocycles. The van der Waals surface area contributed by atoms with Crippen LogP contribution < -0.4 is 41.6 Å². The van der Waals surface area contributed by atoms with Crippen LogP contribution >= 0.6 is 0 Å². The van der Waals surface area contributed by atoms with Gasteiger partial charge in [0.1, 0.15) is 11.7 Å². The predicted molar refractivity (Wildman–Crippen MR) is 165 cm³/mol. The molecule has 1 fully saturated rings. The number of allylic oxidation sites excluding steroid dienone is 1. The topological polar surface area (TPSA) is 194 Å². The second-order valence-corrected chi connectivity index (χ2v) is 10.6. The number of nitrogens with zero attached hydrogens (tertiary/aromatic N) is 3. The number of carbonyl (C=O) groups excluding carboxylic acids is 1. The first-order valence-corrected chi connectivity index (χ1v) is 14.2. The van der Waals surface area contributed by atoms with E-state index >= 15 is 0 Å². The van der Waals surface area contributed by atoms with Gasteiger partial charge in [0.25, 0.3) is 22.7 Å². The molecule has 4 rings (SSSR count). The number of halogens is 2. The van der Waals surface area contributed by atoms with Crippen LogP contribution in [0.1, 0.15) is 44.0 Å². The highest BCUT2D eigenvalue weighted by Crippen LogP contribution is 2.44. The third-order valence-corrected chi connectivity index (χ3v) is 6.80. The van der Waals surface area contributed by atoms with Crippen LogP contribution in [0.5, 0.6) is 11.8 Å². The van der Waals surface area contributed by atoms with Crippen molar-refractivity contribution in [1.82, 2.24) is 20.3 Å². The van der Waals surface area contributed by atoms with Crippen molar-refractivity contribution in [3.63, 3.8) is 0 Å². The molecule has 14 nitrogen and oxygen atoms in total. The van der Waals surface area contributed by atoms with Crippen LogP contribution in [0.2, 0.25) is 0 Å². The first-order chi connectivity index (χ1) is 21.7. The van der Waals surface area contributed by atoms with E-state index in [2.05, 4.69) is 42.8 Å². The summed E-state index contributed by atoms with van der Waals surface area (Å²) in [7, 11) is 0. The van der Waals surface area contributed by atoms with E-state index < -0.39 is 46.8 Å². The molecule has 0 bridgehead atoms. The fraction of sp³-hybridized carbons (Fsp3) is 0.367. The van der Waals surface area contributed by atoms with Crippen molar-refractivity contribution in [2.24, 2.45) is 0 Å². The van der Waals surface area contributed by atoms with Crippen LogP contribution in [0.15, 0.2) is 58.2 Å². The van der Waals surface area contributed by atoms with E-state index in [0.29, 0.717) is 12.6 Å². The number of aliphatic carboxylic acids is 1. The summed E-state index contributed by atoms with van der Waals surface area (Å²) in [6.07, 6.45) is 5.23. The number of rotatable bonds is 17. The van der Waals surface area contributed by atoms with E-state index in [9.17, 15) is 33.1 Å². The summed E-state index contributed by atoms with van der Waals surface area (Å²) >= 11 is 0. The number of anilines is 4. The molecule has 0 radical (unpaired) electrons. The zero-order valence-electron chi connectivity index (χ0n) is 25.3. The Balaban J connectivity index is 1.45. The molecule has 1 aromatic heterocycles. The number of amides is 1. The molecule has 1 atom stereocenters. The Kier molecular flexibility index (Phi) is 9.98. The fourth-order valence-corrected chi connectivity index (χ4v) is 4.24. The Morgan fingerprint density at radius 2 is 1.78 bits per heavy atom. The highest BCUT2D eigenvalue weighted by atomic mass is 19.3. The number of carboxylic acid groups (broad SMARTS) is 1. The third kappa shape index (κ3) is 8.19. The lowest BCUT2D eigenvalue weighted by Gasteiger charge is -2.19. The van der Waals surface area contributed by atoms with Crippen LogP contribution in [0.3, 0.4) is 0 Å². The average Bonchev–Trinajstić information content (AvgIpc) is 3.79. The number of aromatic nitrogens is 3. The standard InChI is InChI=1S/C30H33F2N7O7/c1-5-7-16(3)30(12-13-30)39-27-36-26(37-28(38-27)46-15-29(4,31)32)34-18-10-8-17(9-11-18)24(42)35-19(25(43)44)14-33-20-21(40)22(41)23(20)45-6-2/h5,7-11,19,33H,3,6,12-15H2,1-2,4H3,(H,35,42)(H,43,44)(H2,34,36,37,38,39)/b7-5-/t19-/m0/s1. The molecule has 16 heteroatoms.